The van der Waals surface area contributed by atoms with Gasteiger partial charge in [0.2, 0.25) is 5.78 Å². The van der Waals surface area contributed by atoms with Crippen LogP contribution in [0.2, 0.25) is 5.02 Å². The summed E-state index contributed by atoms with van der Waals surface area (Å²) in [5.74, 6) is -7.14. The molecule has 5 rings (SSSR count). The summed E-state index contributed by atoms with van der Waals surface area (Å²) >= 11 is 6.73. The highest BCUT2D eigenvalue weighted by molar-refractivity contribution is 6.32. The van der Waals surface area contributed by atoms with E-state index in [4.69, 9.17) is 17.3 Å². The first kappa shape index (κ1) is 26.6. The number of likely N-dealkylation sites (N-methyl/N-ethyl adjacent to an activating group) is 1. The minimum atomic E-state index is -2.69. The van der Waals surface area contributed by atoms with Gasteiger partial charge in [0.05, 0.1) is 11.6 Å². The number of ketones is 2. The van der Waals surface area contributed by atoms with Crippen molar-refractivity contribution in [1.82, 2.24) is 9.80 Å². The molecule has 0 unspecified atom stereocenters. The third kappa shape index (κ3) is 3.67. The predicted octanol–water partition coefficient (Wildman–Crippen LogP) is 1.16. The van der Waals surface area contributed by atoms with Crippen molar-refractivity contribution in [2.75, 3.05) is 27.2 Å². The number of aliphatic hydroxyl groups excluding tert-OH is 2. The standard InChI is InChI=1S/C26H29ClFN3O7/c1-30(2)20-14-6-10-5-13-17(15(32)7-11(19(13)27)8-31-4-3-12(28)9-31)21(33)16(10)23(35)26(14,38)24(36)18(22(20)34)25(29)37/h7,10,12,14,20,32-33,36,38H,3-6,8-9H2,1-2H3,(H2,29,37)/t10-,12+,14-,20-,26-/m0/s1. The van der Waals surface area contributed by atoms with Crippen LogP contribution in [0.5, 0.6) is 5.75 Å². The molecule has 1 heterocycles. The van der Waals surface area contributed by atoms with Gasteiger partial charge in [-0.25, -0.2) is 4.39 Å². The third-order valence-corrected chi connectivity index (χ3v) is 8.81. The van der Waals surface area contributed by atoms with Crippen molar-refractivity contribution in [1.29, 1.82) is 0 Å². The van der Waals surface area contributed by atoms with Gasteiger partial charge in [0.25, 0.3) is 5.91 Å². The van der Waals surface area contributed by atoms with Crippen LogP contribution in [-0.2, 0) is 27.3 Å². The molecular formula is C26H29ClFN3O7. The number of alkyl halides is 1. The number of rotatable bonds is 4. The van der Waals surface area contributed by atoms with Gasteiger partial charge in [-0.2, -0.15) is 0 Å². The van der Waals surface area contributed by atoms with Crippen molar-refractivity contribution in [3.63, 3.8) is 0 Å². The number of carbonyl (C=O) groups excluding carboxylic acids is 3. The van der Waals surface area contributed by atoms with Crippen LogP contribution < -0.4 is 5.73 Å². The van der Waals surface area contributed by atoms with Crippen LogP contribution in [0.3, 0.4) is 0 Å². The molecule has 0 radical (unpaired) electrons. The van der Waals surface area contributed by atoms with E-state index in [1.54, 1.807) is 0 Å². The number of fused-ring (bicyclic) bond motifs is 3. The number of phenolic OH excluding ortho intramolecular Hbond substituents is 1. The first-order valence-corrected chi connectivity index (χ1v) is 12.7. The number of likely N-dealkylation sites (tertiary alicyclic amines) is 1. The molecule has 1 saturated carbocycles. The van der Waals surface area contributed by atoms with E-state index in [1.807, 2.05) is 4.90 Å². The van der Waals surface area contributed by atoms with Gasteiger partial charge in [0.1, 0.15) is 29.0 Å². The highest BCUT2D eigenvalue weighted by Gasteiger charge is 2.64. The predicted molar refractivity (Wildman–Crippen MR) is 134 cm³/mol. The van der Waals surface area contributed by atoms with Gasteiger partial charge in [-0.1, -0.05) is 11.6 Å². The lowest BCUT2D eigenvalue weighted by molar-refractivity contribution is -0.153. The van der Waals surface area contributed by atoms with Gasteiger partial charge in [-0.3, -0.25) is 24.2 Å². The zero-order valence-corrected chi connectivity index (χ0v) is 21.6. The molecule has 2 fully saturated rings. The maximum atomic E-state index is 13.8. The molecule has 0 aromatic heterocycles. The number of aromatic hydroxyl groups is 1. The second kappa shape index (κ2) is 9.04. The summed E-state index contributed by atoms with van der Waals surface area (Å²) in [5.41, 5.74) is 2.39. The Morgan fingerprint density at radius 3 is 2.55 bits per heavy atom. The van der Waals surface area contributed by atoms with E-state index in [9.17, 15) is 39.2 Å². The Morgan fingerprint density at radius 2 is 1.97 bits per heavy atom. The number of benzene rings is 1. The van der Waals surface area contributed by atoms with Crippen molar-refractivity contribution in [2.45, 2.75) is 43.6 Å². The second-order valence-electron chi connectivity index (χ2n) is 10.8. The highest BCUT2D eigenvalue weighted by Crippen LogP contribution is 2.53. The summed E-state index contributed by atoms with van der Waals surface area (Å²) < 4.78 is 13.7. The summed E-state index contributed by atoms with van der Waals surface area (Å²) in [6, 6.07) is 0.199. The van der Waals surface area contributed by atoms with Crippen molar-refractivity contribution in [3.05, 3.63) is 44.7 Å². The van der Waals surface area contributed by atoms with Gasteiger partial charge in [-0.05, 0) is 56.5 Å². The first-order valence-electron chi connectivity index (χ1n) is 12.3. The Bertz CT molecular complexity index is 1340. The Kier molecular flexibility index (Phi) is 6.33. The molecule has 10 nitrogen and oxygen atoms in total. The SMILES string of the molecule is CN(C)[C@@H]1C(=O)C(C(N)=O)=C(O)[C@@]2(O)C(=O)C3=C(O)c4c(O)cc(CN5CC[C@@H](F)C5)c(Cl)c4C[C@H]3C[C@@H]12. The normalized spacial score (nSPS) is 31.5. The average Bonchev–Trinajstić information content (AvgIpc) is 3.23. The number of carbonyl (C=O) groups is 3. The second-order valence-corrected chi connectivity index (χ2v) is 11.2. The molecule has 1 aromatic rings. The zero-order chi connectivity index (χ0) is 27.8. The van der Waals surface area contributed by atoms with E-state index in [1.165, 1.54) is 25.1 Å². The topological polar surface area (TPSA) is 165 Å². The fraction of sp³-hybridized carbons (Fsp3) is 0.500. The number of halogens is 2. The van der Waals surface area contributed by atoms with Gasteiger partial charge in [0.15, 0.2) is 11.4 Å². The number of phenols is 1. The van der Waals surface area contributed by atoms with Crippen LogP contribution in [0.15, 0.2) is 23.0 Å². The van der Waals surface area contributed by atoms with Crippen molar-refractivity contribution in [3.8, 4) is 5.75 Å². The largest absolute Gasteiger partial charge is 0.508 e. The van der Waals surface area contributed by atoms with Crippen LogP contribution in [0, 0.1) is 11.8 Å². The van der Waals surface area contributed by atoms with Crippen molar-refractivity contribution < 1.29 is 39.2 Å². The molecule has 3 aliphatic carbocycles. The van der Waals surface area contributed by atoms with E-state index in [0.717, 1.165) is 0 Å². The fourth-order valence-electron chi connectivity index (χ4n) is 6.63. The maximum absolute atomic E-state index is 13.8. The smallest absolute Gasteiger partial charge is 0.255 e. The van der Waals surface area contributed by atoms with Gasteiger partial charge in [0, 0.05) is 36.1 Å². The number of amides is 1. The Balaban J connectivity index is 1.64. The van der Waals surface area contributed by atoms with Crippen LogP contribution in [-0.4, -0.2) is 92.7 Å². The van der Waals surface area contributed by atoms with Crippen LogP contribution in [0.1, 0.15) is 29.5 Å². The van der Waals surface area contributed by atoms with Crippen LogP contribution in [0.4, 0.5) is 4.39 Å². The highest BCUT2D eigenvalue weighted by atomic mass is 35.5. The molecule has 1 aliphatic heterocycles. The Hall–Kier alpha value is -2.99. The number of Topliss-reactive ketones (excluding diaryl/α,β-unsaturated/α-hetero) is 2. The lowest BCUT2D eigenvalue weighted by atomic mass is 9.57. The molecule has 6 N–H and O–H groups in total. The van der Waals surface area contributed by atoms with Gasteiger partial charge in [-0.15, -0.1) is 0 Å². The zero-order valence-electron chi connectivity index (χ0n) is 20.9. The van der Waals surface area contributed by atoms with E-state index >= 15 is 0 Å². The summed E-state index contributed by atoms with van der Waals surface area (Å²) in [6.45, 7) is 1.06. The summed E-state index contributed by atoms with van der Waals surface area (Å²) in [5, 5.41) is 44.8. The molecule has 1 aromatic carbocycles. The molecule has 1 saturated heterocycles. The average molecular weight is 550 g/mol. The Morgan fingerprint density at radius 1 is 1.29 bits per heavy atom. The molecule has 38 heavy (non-hydrogen) atoms. The molecule has 204 valence electrons. The van der Waals surface area contributed by atoms with Crippen LogP contribution >= 0.6 is 11.6 Å². The Labute approximate surface area is 222 Å². The lowest BCUT2D eigenvalue weighted by Crippen LogP contribution is -2.65. The molecule has 4 aliphatic rings. The van der Waals surface area contributed by atoms with Crippen molar-refractivity contribution in [2.24, 2.45) is 17.6 Å². The fourth-order valence-corrected chi connectivity index (χ4v) is 6.92. The number of hydrogen-bond acceptors (Lipinski definition) is 9. The summed E-state index contributed by atoms with van der Waals surface area (Å²) in [6.07, 6.45) is -0.464. The molecule has 0 bridgehead atoms. The summed E-state index contributed by atoms with van der Waals surface area (Å²) in [7, 11) is 3.07. The van der Waals surface area contributed by atoms with E-state index in [-0.39, 0.29) is 47.8 Å². The minimum Gasteiger partial charge on any atom is -0.508 e. The molecule has 5 atom stereocenters. The first-order chi connectivity index (χ1) is 17.8. The third-order valence-electron chi connectivity index (χ3n) is 8.34. The lowest BCUT2D eigenvalue weighted by Gasteiger charge is -2.50. The monoisotopic (exact) mass is 549 g/mol. The number of primary amides is 1. The number of aliphatic hydroxyl groups is 3. The molecule has 12 heteroatoms. The molecule has 0 spiro atoms. The maximum Gasteiger partial charge on any atom is 0.255 e. The number of hydrogen-bond donors (Lipinski definition) is 5. The minimum absolute atomic E-state index is 0.0251. The van der Waals surface area contributed by atoms with Gasteiger partial charge < -0.3 is 26.2 Å². The molecule has 1 amide bonds. The quantitative estimate of drug-likeness (QED) is 0.346. The van der Waals surface area contributed by atoms with E-state index < -0.39 is 64.2 Å². The van der Waals surface area contributed by atoms with Crippen molar-refractivity contribution >= 4 is 34.8 Å². The molecular weight excluding hydrogens is 521 g/mol. The number of nitrogens with zero attached hydrogens (tertiary/aromatic N) is 2. The van der Waals surface area contributed by atoms with Crippen LogP contribution in [0.25, 0.3) is 5.76 Å². The van der Waals surface area contributed by atoms with Gasteiger partial charge >= 0.3 is 0 Å². The van der Waals surface area contributed by atoms with E-state index in [2.05, 4.69) is 0 Å². The summed E-state index contributed by atoms with van der Waals surface area (Å²) in [4.78, 5) is 42.3. The number of nitrogens with two attached hydrogens (primary N) is 1. The van der Waals surface area contributed by atoms with E-state index in [0.29, 0.717) is 24.1 Å².